The first kappa shape index (κ1) is 19.7. The maximum Gasteiger partial charge on any atom is 0.256 e. The second-order valence-electron chi connectivity index (χ2n) is 6.31. The van der Waals surface area contributed by atoms with Crippen molar-refractivity contribution in [2.45, 2.75) is 0 Å². The highest BCUT2D eigenvalue weighted by Gasteiger charge is 2.14. The Morgan fingerprint density at radius 2 is 2.10 bits per heavy atom. The van der Waals surface area contributed by atoms with Crippen molar-refractivity contribution in [3.8, 4) is 23.0 Å². The third-order valence-electron chi connectivity index (χ3n) is 4.31. The van der Waals surface area contributed by atoms with Crippen molar-refractivity contribution >= 4 is 34.4 Å². The zero-order chi connectivity index (χ0) is 21.1. The summed E-state index contributed by atoms with van der Waals surface area (Å²) in [6.07, 6.45) is 0. The predicted molar refractivity (Wildman–Crippen MR) is 112 cm³/mol. The van der Waals surface area contributed by atoms with Crippen LogP contribution in [0.3, 0.4) is 0 Å². The molecule has 0 saturated carbocycles. The zero-order valence-electron chi connectivity index (χ0n) is 15.9. The molecule has 1 amide bonds. The van der Waals surface area contributed by atoms with Crippen molar-refractivity contribution in [3.63, 3.8) is 0 Å². The SMILES string of the molecule is COc1ccc2nc(-c3cc(NC(=O)c4ccc(OCCO)c(Cl)c4)n[nH]3)[nH]c2c1. The molecule has 0 saturated heterocycles. The number of imidazole rings is 1. The summed E-state index contributed by atoms with van der Waals surface area (Å²) >= 11 is 6.13. The Bertz CT molecular complexity index is 1200. The second-order valence-corrected chi connectivity index (χ2v) is 6.71. The second kappa shape index (κ2) is 8.44. The minimum Gasteiger partial charge on any atom is -0.497 e. The van der Waals surface area contributed by atoms with Crippen molar-refractivity contribution in [1.29, 1.82) is 0 Å². The van der Waals surface area contributed by atoms with E-state index in [0.29, 0.717) is 28.6 Å². The summed E-state index contributed by atoms with van der Waals surface area (Å²) in [5.74, 6) is 1.66. The number of nitrogens with zero attached hydrogens (tertiary/aromatic N) is 2. The molecular weight excluding hydrogens is 410 g/mol. The molecule has 4 rings (SSSR count). The summed E-state index contributed by atoms with van der Waals surface area (Å²) in [6.45, 7) is -0.00524. The molecule has 10 heteroatoms. The normalized spacial score (nSPS) is 10.9. The smallest absolute Gasteiger partial charge is 0.256 e. The van der Waals surface area contributed by atoms with Crippen molar-refractivity contribution in [2.75, 3.05) is 25.6 Å². The monoisotopic (exact) mass is 427 g/mol. The molecule has 0 spiro atoms. The fourth-order valence-corrected chi connectivity index (χ4v) is 3.09. The molecule has 0 atom stereocenters. The highest BCUT2D eigenvalue weighted by atomic mass is 35.5. The van der Waals surface area contributed by atoms with Gasteiger partial charge in [-0.15, -0.1) is 0 Å². The minimum atomic E-state index is -0.377. The number of carbonyl (C=O) groups is 1. The molecule has 9 nitrogen and oxygen atoms in total. The maximum atomic E-state index is 12.5. The lowest BCUT2D eigenvalue weighted by Gasteiger charge is -2.08. The van der Waals surface area contributed by atoms with Crippen LogP contribution in [0.4, 0.5) is 5.82 Å². The molecule has 0 aliphatic carbocycles. The molecule has 2 heterocycles. The first-order chi connectivity index (χ1) is 14.6. The maximum absolute atomic E-state index is 12.5. The van der Waals surface area contributed by atoms with Crippen molar-refractivity contribution in [2.24, 2.45) is 0 Å². The number of amides is 1. The van der Waals surface area contributed by atoms with Gasteiger partial charge in [-0.2, -0.15) is 5.10 Å². The molecule has 2 aromatic carbocycles. The van der Waals surface area contributed by atoms with Crippen LogP contribution in [0, 0.1) is 0 Å². The Morgan fingerprint density at radius 1 is 1.23 bits per heavy atom. The molecule has 154 valence electrons. The lowest BCUT2D eigenvalue weighted by atomic mass is 10.2. The van der Waals surface area contributed by atoms with Crippen LogP contribution in [0.25, 0.3) is 22.6 Å². The van der Waals surface area contributed by atoms with Gasteiger partial charge >= 0.3 is 0 Å². The minimum absolute atomic E-state index is 0.121. The van der Waals surface area contributed by atoms with Gasteiger partial charge in [0.1, 0.15) is 23.8 Å². The van der Waals surface area contributed by atoms with Crippen molar-refractivity contribution in [3.05, 3.63) is 53.1 Å². The van der Waals surface area contributed by atoms with Crippen LogP contribution in [0.2, 0.25) is 5.02 Å². The van der Waals surface area contributed by atoms with E-state index in [1.54, 1.807) is 25.3 Å². The number of ether oxygens (including phenoxy) is 2. The van der Waals surface area contributed by atoms with Crippen LogP contribution in [0.1, 0.15) is 10.4 Å². The molecule has 0 radical (unpaired) electrons. The van der Waals surface area contributed by atoms with Gasteiger partial charge in [0, 0.05) is 17.7 Å². The number of anilines is 1. The van der Waals surface area contributed by atoms with Gasteiger partial charge in [0.2, 0.25) is 0 Å². The number of aliphatic hydroxyl groups is 1. The predicted octanol–water partition coefficient (Wildman–Crippen LogP) is 3.24. The molecule has 4 aromatic rings. The highest BCUT2D eigenvalue weighted by molar-refractivity contribution is 6.32. The summed E-state index contributed by atoms with van der Waals surface area (Å²) < 4.78 is 10.5. The Labute approximate surface area is 176 Å². The summed E-state index contributed by atoms with van der Waals surface area (Å²) in [5.41, 5.74) is 2.56. The number of nitrogens with one attached hydrogen (secondary N) is 3. The van der Waals surface area contributed by atoms with Gasteiger partial charge in [-0.3, -0.25) is 9.89 Å². The first-order valence-electron chi connectivity index (χ1n) is 9.01. The number of rotatable bonds is 7. The van der Waals surface area contributed by atoms with E-state index >= 15 is 0 Å². The number of aromatic amines is 2. The highest BCUT2D eigenvalue weighted by Crippen LogP contribution is 2.27. The molecule has 0 bridgehead atoms. The van der Waals surface area contributed by atoms with Gasteiger partial charge in [0.05, 0.1) is 29.8 Å². The third-order valence-corrected chi connectivity index (χ3v) is 4.60. The lowest BCUT2D eigenvalue weighted by molar-refractivity contribution is 0.102. The number of aliphatic hydroxyl groups excluding tert-OH is 1. The molecule has 4 N–H and O–H groups in total. The average molecular weight is 428 g/mol. The van der Waals surface area contributed by atoms with Gasteiger partial charge in [-0.25, -0.2) is 4.98 Å². The zero-order valence-corrected chi connectivity index (χ0v) is 16.7. The molecule has 0 unspecified atom stereocenters. The van der Waals surface area contributed by atoms with Gasteiger partial charge in [-0.1, -0.05) is 11.6 Å². The third kappa shape index (κ3) is 4.07. The van der Waals surface area contributed by atoms with E-state index < -0.39 is 0 Å². The molecular formula is C20H18ClN5O4. The van der Waals surface area contributed by atoms with Crippen LogP contribution < -0.4 is 14.8 Å². The lowest BCUT2D eigenvalue weighted by Crippen LogP contribution is -2.12. The number of H-pyrrole nitrogens is 2. The molecule has 0 fully saturated rings. The fourth-order valence-electron chi connectivity index (χ4n) is 2.85. The van der Waals surface area contributed by atoms with Crippen LogP contribution >= 0.6 is 11.6 Å². The number of hydrogen-bond donors (Lipinski definition) is 4. The molecule has 0 aliphatic rings. The largest absolute Gasteiger partial charge is 0.497 e. The van der Waals surface area contributed by atoms with E-state index in [9.17, 15) is 4.79 Å². The Hall–Kier alpha value is -3.56. The van der Waals surface area contributed by atoms with E-state index in [2.05, 4.69) is 25.5 Å². The van der Waals surface area contributed by atoms with Crippen LogP contribution in [0.15, 0.2) is 42.5 Å². The molecule has 2 aromatic heterocycles. The number of hydrogen-bond acceptors (Lipinski definition) is 6. The topological polar surface area (TPSA) is 125 Å². The van der Waals surface area contributed by atoms with Gasteiger partial charge in [0.15, 0.2) is 11.6 Å². The Kier molecular flexibility index (Phi) is 5.55. The van der Waals surface area contributed by atoms with E-state index in [-0.39, 0.29) is 24.1 Å². The Morgan fingerprint density at radius 3 is 2.87 bits per heavy atom. The Balaban J connectivity index is 1.49. The quantitative estimate of drug-likeness (QED) is 0.359. The van der Waals surface area contributed by atoms with Crippen molar-refractivity contribution in [1.82, 2.24) is 20.2 Å². The number of methoxy groups -OCH3 is 1. The fraction of sp³-hybridized carbons (Fsp3) is 0.150. The van der Waals surface area contributed by atoms with Gasteiger partial charge < -0.3 is 24.9 Å². The van der Waals surface area contributed by atoms with E-state index in [1.807, 2.05) is 18.2 Å². The van der Waals surface area contributed by atoms with E-state index in [4.69, 9.17) is 26.2 Å². The van der Waals surface area contributed by atoms with Crippen LogP contribution in [0.5, 0.6) is 11.5 Å². The summed E-state index contributed by atoms with van der Waals surface area (Å²) in [6, 6.07) is 11.8. The number of fused-ring (bicyclic) bond motifs is 1. The summed E-state index contributed by atoms with van der Waals surface area (Å²) in [7, 11) is 1.60. The first-order valence-corrected chi connectivity index (χ1v) is 9.39. The van der Waals surface area contributed by atoms with Gasteiger partial charge in [-0.05, 0) is 30.3 Å². The summed E-state index contributed by atoms with van der Waals surface area (Å²) in [5, 5.41) is 18.8. The molecule has 0 aliphatic heterocycles. The molecule has 30 heavy (non-hydrogen) atoms. The number of halogens is 1. The van der Waals surface area contributed by atoms with E-state index in [0.717, 1.165) is 16.8 Å². The van der Waals surface area contributed by atoms with Crippen LogP contribution in [-0.4, -0.2) is 51.5 Å². The number of carbonyl (C=O) groups excluding carboxylic acids is 1. The number of aromatic nitrogens is 4. The van der Waals surface area contributed by atoms with Gasteiger partial charge in [0.25, 0.3) is 5.91 Å². The van der Waals surface area contributed by atoms with Crippen molar-refractivity contribution < 1.29 is 19.4 Å². The standard InChI is InChI=1S/C20H18ClN5O4/c1-29-12-3-4-14-15(9-12)23-19(22-14)16-10-18(26-25-16)24-20(28)11-2-5-17(13(21)8-11)30-7-6-27/h2-5,8-10,27H,6-7H2,1H3,(H,22,23)(H2,24,25,26,28). The van der Waals surface area contributed by atoms with Crippen LogP contribution in [-0.2, 0) is 0 Å². The summed E-state index contributed by atoms with van der Waals surface area (Å²) in [4.78, 5) is 20.2. The average Bonchev–Trinajstić information content (AvgIpc) is 3.38. The van der Waals surface area contributed by atoms with E-state index in [1.165, 1.54) is 6.07 Å². The number of benzene rings is 2.